The molecule has 3 heterocycles. The maximum Gasteiger partial charge on any atom is 0.226 e. The minimum absolute atomic E-state index is 0. The predicted molar refractivity (Wildman–Crippen MR) is 104 cm³/mol. The lowest BCUT2D eigenvalue weighted by Crippen LogP contribution is -2.36. The van der Waals surface area contributed by atoms with Crippen LogP contribution in [0, 0.1) is 11.3 Å². The van der Waals surface area contributed by atoms with Gasteiger partial charge in [0.1, 0.15) is 5.01 Å². The van der Waals surface area contributed by atoms with E-state index in [4.69, 9.17) is 4.52 Å². The predicted octanol–water partition coefficient (Wildman–Crippen LogP) is 3.29. The van der Waals surface area contributed by atoms with Crippen LogP contribution >= 0.6 is 23.7 Å². The Balaban J connectivity index is 0.00000196. The van der Waals surface area contributed by atoms with Crippen molar-refractivity contribution in [2.75, 3.05) is 13.1 Å². The highest BCUT2D eigenvalue weighted by atomic mass is 35.5. The van der Waals surface area contributed by atoms with Crippen molar-refractivity contribution in [1.29, 1.82) is 0 Å². The van der Waals surface area contributed by atoms with E-state index in [1.165, 1.54) is 24.3 Å². The van der Waals surface area contributed by atoms with Crippen molar-refractivity contribution < 1.29 is 4.52 Å². The molecule has 1 saturated carbocycles. The molecule has 1 unspecified atom stereocenters. The van der Waals surface area contributed by atoms with E-state index in [9.17, 15) is 0 Å². The Labute approximate surface area is 165 Å². The summed E-state index contributed by atoms with van der Waals surface area (Å²) in [5.41, 5.74) is 0.493. The van der Waals surface area contributed by atoms with Gasteiger partial charge in [-0.1, -0.05) is 19.0 Å². The van der Waals surface area contributed by atoms with Gasteiger partial charge in [-0.25, -0.2) is 4.98 Å². The van der Waals surface area contributed by atoms with Gasteiger partial charge in [-0.3, -0.25) is 4.90 Å². The molecule has 2 aromatic heterocycles. The molecular weight excluding hydrogens is 370 g/mol. The molecule has 144 valence electrons. The van der Waals surface area contributed by atoms with Gasteiger partial charge < -0.3 is 9.84 Å². The van der Waals surface area contributed by atoms with Gasteiger partial charge in [0.05, 0.1) is 13.1 Å². The molecule has 6 nitrogen and oxygen atoms in total. The number of aromatic nitrogens is 3. The molecule has 1 N–H and O–H groups in total. The third-order valence-electron chi connectivity index (χ3n) is 5.45. The number of nitrogens with zero attached hydrogens (tertiary/aromatic N) is 4. The Morgan fingerprint density at radius 2 is 2.15 bits per heavy atom. The lowest BCUT2D eigenvalue weighted by Gasteiger charge is -2.28. The number of nitrogens with one attached hydrogen (secondary N) is 1. The number of hydrogen-bond acceptors (Lipinski definition) is 7. The Kier molecular flexibility index (Phi) is 6.33. The zero-order chi connectivity index (χ0) is 17.3. The first-order valence-corrected chi connectivity index (χ1v) is 10.2. The maximum absolute atomic E-state index is 5.44. The fraction of sp³-hybridized carbons (Fsp3) is 0.722. The van der Waals surface area contributed by atoms with Crippen LogP contribution in [-0.4, -0.2) is 39.2 Å². The van der Waals surface area contributed by atoms with E-state index < -0.39 is 0 Å². The van der Waals surface area contributed by atoms with Crippen molar-refractivity contribution in [3.05, 3.63) is 28.3 Å². The first-order chi connectivity index (χ1) is 12.1. The molecule has 0 aromatic carbocycles. The second-order valence-electron chi connectivity index (χ2n) is 7.87. The van der Waals surface area contributed by atoms with E-state index in [2.05, 4.69) is 44.6 Å². The highest BCUT2D eigenvalue weighted by molar-refractivity contribution is 7.09. The third-order valence-corrected chi connectivity index (χ3v) is 6.21. The first kappa shape index (κ1) is 19.7. The summed E-state index contributed by atoms with van der Waals surface area (Å²) in [5, 5.41) is 10.9. The van der Waals surface area contributed by atoms with Crippen molar-refractivity contribution in [3.8, 4) is 0 Å². The van der Waals surface area contributed by atoms with Crippen LogP contribution < -0.4 is 5.32 Å². The lowest BCUT2D eigenvalue weighted by molar-refractivity contribution is 0.182. The molecule has 26 heavy (non-hydrogen) atoms. The van der Waals surface area contributed by atoms with Crippen LogP contribution in [0.4, 0.5) is 0 Å². The summed E-state index contributed by atoms with van der Waals surface area (Å²) in [6.45, 7) is 8.25. The zero-order valence-corrected chi connectivity index (χ0v) is 17.1. The van der Waals surface area contributed by atoms with Crippen molar-refractivity contribution in [3.63, 3.8) is 0 Å². The molecule has 2 aliphatic rings. The van der Waals surface area contributed by atoms with Crippen LogP contribution in [0.15, 0.2) is 16.1 Å². The summed E-state index contributed by atoms with van der Waals surface area (Å²) in [6, 6.07) is 0.616. The Bertz CT molecular complexity index is 684. The Hall–Kier alpha value is -1.02. The quantitative estimate of drug-likeness (QED) is 0.773. The molecule has 0 bridgehead atoms. The van der Waals surface area contributed by atoms with Crippen LogP contribution in [0.5, 0.6) is 0 Å². The fourth-order valence-corrected chi connectivity index (χ4v) is 4.69. The topological polar surface area (TPSA) is 67.1 Å². The number of hydrogen-bond donors (Lipinski definition) is 1. The first-order valence-electron chi connectivity index (χ1n) is 9.29. The van der Waals surface area contributed by atoms with E-state index in [0.717, 1.165) is 44.3 Å². The van der Waals surface area contributed by atoms with Gasteiger partial charge in [-0.05, 0) is 43.7 Å². The second kappa shape index (κ2) is 8.33. The van der Waals surface area contributed by atoms with Gasteiger partial charge >= 0.3 is 0 Å². The van der Waals surface area contributed by atoms with Crippen molar-refractivity contribution in [2.45, 2.75) is 58.7 Å². The second-order valence-corrected chi connectivity index (χ2v) is 8.84. The molecule has 8 heteroatoms. The largest absolute Gasteiger partial charge is 0.339 e. The average molecular weight is 398 g/mol. The van der Waals surface area contributed by atoms with Crippen molar-refractivity contribution in [1.82, 2.24) is 25.3 Å². The summed E-state index contributed by atoms with van der Waals surface area (Å²) in [5.74, 6) is 2.09. The molecule has 1 spiro atoms. The third kappa shape index (κ3) is 4.44. The monoisotopic (exact) mass is 397 g/mol. The van der Waals surface area contributed by atoms with Gasteiger partial charge in [0.2, 0.25) is 5.89 Å². The lowest BCUT2D eigenvalue weighted by atomic mass is 9.93. The van der Waals surface area contributed by atoms with Crippen LogP contribution in [0.3, 0.4) is 0 Å². The van der Waals surface area contributed by atoms with Gasteiger partial charge in [0.15, 0.2) is 5.82 Å². The number of thiazole rings is 1. The van der Waals surface area contributed by atoms with Gasteiger partial charge in [-0.15, -0.1) is 23.7 Å². The summed E-state index contributed by atoms with van der Waals surface area (Å²) >= 11 is 1.73. The number of rotatable bonds is 7. The van der Waals surface area contributed by atoms with Gasteiger partial charge in [-0.2, -0.15) is 4.98 Å². The van der Waals surface area contributed by atoms with Crippen LogP contribution in [-0.2, 0) is 19.5 Å². The molecule has 1 aliphatic carbocycles. The molecule has 1 aliphatic heterocycles. The molecule has 0 amide bonds. The highest BCUT2D eigenvalue weighted by Crippen LogP contribution is 2.56. The van der Waals surface area contributed by atoms with Crippen LogP contribution in [0.1, 0.15) is 49.8 Å². The van der Waals surface area contributed by atoms with E-state index in [0.29, 0.717) is 17.4 Å². The van der Waals surface area contributed by atoms with Gasteiger partial charge in [0, 0.05) is 24.0 Å². The van der Waals surface area contributed by atoms with Crippen LogP contribution in [0.25, 0.3) is 0 Å². The minimum Gasteiger partial charge on any atom is -0.339 e. The fourth-order valence-electron chi connectivity index (χ4n) is 4.05. The normalized spacial score (nSPS) is 21.3. The molecule has 2 aromatic rings. The molecule has 4 rings (SSSR count). The van der Waals surface area contributed by atoms with Gasteiger partial charge in [0.25, 0.3) is 0 Å². The average Bonchev–Trinajstić information content (AvgIpc) is 2.96. The summed E-state index contributed by atoms with van der Waals surface area (Å²) in [7, 11) is 0. The summed E-state index contributed by atoms with van der Waals surface area (Å²) < 4.78 is 5.44. The number of halogens is 1. The standard InChI is InChI=1S/C18H27N5OS.ClH/c1-13(2)9-16-21-15(22-24-16)11-23(12-17-20-7-8-25-17)14-10-18(14)3-5-19-6-4-18;/h7-8,13-14,19H,3-6,9-12H2,1-2H3;1H. The molecule has 2 fully saturated rings. The smallest absolute Gasteiger partial charge is 0.226 e. The molecule has 1 atom stereocenters. The van der Waals surface area contributed by atoms with E-state index >= 15 is 0 Å². The number of piperidine rings is 1. The molecule has 1 saturated heterocycles. The van der Waals surface area contributed by atoms with Crippen molar-refractivity contribution in [2.24, 2.45) is 11.3 Å². The molecular formula is C18H28ClN5OS. The zero-order valence-electron chi connectivity index (χ0n) is 15.5. The maximum atomic E-state index is 5.44. The summed E-state index contributed by atoms with van der Waals surface area (Å²) in [6.07, 6.45) is 6.57. The Morgan fingerprint density at radius 3 is 2.85 bits per heavy atom. The van der Waals surface area contributed by atoms with E-state index in [-0.39, 0.29) is 12.4 Å². The highest BCUT2D eigenvalue weighted by Gasteiger charge is 2.56. The Morgan fingerprint density at radius 1 is 1.35 bits per heavy atom. The summed E-state index contributed by atoms with van der Waals surface area (Å²) in [4.78, 5) is 11.6. The SMILES string of the molecule is CC(C)Cc1nc(CN(Cc2nccs2)C2CC23CCNCC3)no1.Cl. The van der Waals surface area contributed by atoms with E-state index in [1.807, 2.05) is 6.20 Å². The van der Waals surface area contributed by atoms with Crippen LogP contribution in [0.2, 0.25) is 0 Å². The minimum atomic E-state index is 0. The van der Waals surface area contributed by atoms with E-state index in [1.54, 1.807) is 11.3 Å². The van der Waals surface area contributed by atoms with Crippen molar-refractivity contribution >= 4 is 23.7 Å². The molecule has 0 radical (unpaired) electrons.